The fourth-order valence-electron chi connectivity index (χ4n) is 5.43. The summed E-state index contributed by atoms with van der Waals surface area (Å²) >= 11 is 6.37. The zero-order valence-electron chi connectivity index (χ0n) is 19.8. The van der Waals surface area contributed by atoms with Crippen molar-refractivity contribution in [3.63, 3.8) is 0 Å². The standard InChI is InChI=1S/C26H30ClN5O3/c1-16-14-35-7-5-32(16)26(33)31-4-2-17-8-18(19-10-21-23(27)12-30-25(21)29-11-19)9-20(22(17)13-31)24-15-34-6-3-28-24/h8-12,16,24,28H,2-7,13-15H2,1H3,(H,29,30)/t16-,24-/m0/s1. The van der Waals surface area contributed by atoms with E-state index in [2.05, 4.69) is 40.4 Å². The van der Waals surface area contributed by atoms with Crippen LogP contribution >= 0.6 is 11.6 Å². The fourth-order valence-corrected chi connectivity index (χ4v) is 5.62. The van der Waals surface area contributed by atoms with Crippen LogP contribution in [0.1, 0.15) is 29.7 Å². The Hall–Kier alpha value is -2.65. The van der Waals surface area contributed by atoms with Crippen LogP contribution in [-0.2, 0) is 22.4 Å². The zero-order chi connectivity index (χ0) is 23.9. The third-order valence-electron chi connectivity index (χ3n) is 7.37. The molecule has 184 valence electrons. The number of amides is 2. The molecule has 0 aliphatic carbocycles. The van der Waals surface area contributed by atoms with Crippen molar-refractivity contribution in [1.29, 1.82) is 0 Å². The lowest BCUT2D eigenvalue weighted by Gasteiger charge is -2.40. The fraction of sp³-hybridized carbons (Fsp3) is 0.462. The number of H-pyrrole nitrogens is 1. The third-order valence-corrected chi connectivity index (χ3v) is 7.68. The number of aromatic nitrogens is 2. The molecular weight excluding hydrogens is 466 g/mol. The van der Waals surface area contributed by atoms with Crippen LogP contribution in [0.4, 0.5) is 4.79 Å². The first-order chi connectivity index (χ1) is 17.1. The molecule has 2 fully saturated rings. The van der Waals surface area contributed by atoms with Crippen molar-refractivity contribution in [2.24, 2.45) is 0 Å². The Morgan fingerprint density at radius 2 is 2.03 bits per heavy atom. The van der Waals surface area contributed by atoms with Crippen LogP contribution in [0.15, 0.2) is 30.6 Å². The summed E-state index contributed by atoms with van der Waals surface area (Å²) in [7, 11) is 0. The maximum Gasteiger partial charge on any atom is 0.320 e. The Balaban J connectivity index is 1.37. The molecule has 2 atom stereocenters. The Morgan fingerprint density at radius 3 is 2.86 bits per heavy atom. The van der Waals surface area contributed by atoms with Crippen LogP contribution in [0.3, 0.4) is 0 Å². The van der Waals surface area contributed by atoms with Gasteiger partial charge in [0.1, 0.15) is 5.65 Å². The van der Waals surface area contributed by atoms with Gasteiger partial charge in [0, 0.05) is 49.5 Å². The van der Waals surface area contributed by atoms with Crippen LogP contribution in [0.5, 0.6) is 0 Å². The second-order valence-corrected chi connectivity index (χ2v) is 10.0. The summed E-state index contributed by atoms with van der Waals surface area (Å²) in [4.78, 5) is 25.0. The summed E-state index contributed by atoms with van der Waals surface area (Å²) in [6, 6.07) is 6.87. The Kier molecular flexibility index (Phi) is 6.14. The van der Waals surface area contributed by atoms with E-state index in [4.69, 9.17) is 21.1 Å². The van der Waals surface area contributed by atoms with Gasteiger partial charge >= 0.3 is 6.03 Å². The SMILES string of the molecule is C[C@H]1COCCN1C(=O)N1CCc2cc(-c3cnc4[nH]cc(Cl)c4c3)cc([C@@H]3COCCN3)c2C1. The van der Waals surface area contributed by atoms with Crippen molar-refractivity contribution < 1.29 is 14.3 Å². The number of pyridine rings is 1. The number of morpholine rings is 2. The van der Waals surface area contributed by atoms with Gasteiger partial charge in [-0.1, -0.05) is 17.7 Å². The molecule has 35 heavy (non-hydrogen) atoms. The lowest BCUT2D eigenvalue weighted by Crippen LogP contribution is -2.53. The zero-order valence-corrected chi connectivity index (χ0v) is 20.6. The van der Waals surface area contributed by atoms with Gasteiger partial charge in [0.25, 0.3) is 0 Å². The average molecular weight is 496 g/mol. The molecule has 3 aromatic rings. The van der Waals surface area contributed by atoms with E-state index in [1.165, 1.54) is 16.7 Å². The number of rotatable bonds is 2. The molecule has 0 radical (unpaired) electrons. The minimum Gasteiger partial charge on any atom is -0.378 e. The van der Waals surface area contributed by atoms with Gasteiger partial charge in [0.15, 0.2) is 0 Å². The molecule has 8 nitrogen and oxygen atoms in total. The minimum atomic E-state index is 0.0855. The van der Waals surface area contributed by atoms with Crippen LogP contribution in [0.25, 0.3) is 22.2 Å². The molecule has 2 N–H and O–H groups in total. The number of nitrogens with zero attached hydrogens (tertiary/aromatic N) is 3. The van der Waals surface area contributed by atoms with E-state index in [9.17, 15) is 4.79 Å². The van der Waals surface area contributed by atoms with Gasteiger partial charge in [-0.05, 0) is 47.7 Å². The van der Waals surface area contributed by atoms with Gasteiger partial charge in [-0.3, -0.25) is 0 Å². The molecule has 0 saturated carbocycles. The van der Waals surface area contributed by atoms with Crippen LogP contribution in [-0.4, -0.2) is 77.9 Å². The number of nitrogens with one attached hydrogen (secondary N) is 2. The van der Waals surface area contributed by atoms with Gasteiger partial charge in [-0.2, -0.15) is 0 Å². The summed E-state index contributed by atoms with van der Waals surface area (Å²) in [5, 5.41) is 5.20. The van der Waals surface area contributed by atoms with Crippen molar-refractivity contribution in [1.82, 2.24) is 25.1 Å². The molecule has 5 heterocycles. The number of carbonyl (C=O) groups excluding carboxylic acids is 1. The molecule has 2 amide bonds. The van der Waals surface area contributed by atoms with Crippen molar-refractivity contribution in [2.75, 3.05) is 46.1 Å². The lowest BCUT2D eigenvalue weighted by atomic mass is 9.87. The molecule has 2 saturated heterocycles. The first kappa shape index (κ1) is 22.8. The molecule has 3 aliphatic heterocycles. The molecule has 9 heteroatoms. The maximum atomic E-state index is 13.4. The first-order valence-corrected chi connectivity index (χ1v) is 12.7. The number of aromatic amines is 1. The minimum absolute atomic E-state index is 0.0855. The molecule has 6 rings (SSSR count). The van der Waals surface area contributed by atoms with Gasteiger partial charge in [0.05, 0.1) is 43.5 Å². The van der Waals surface area contributed by atoms with Crippen molar-refractivity contribution in [2.45, 2.75) is 32.0 Å². The molecule has 0 spiro atoms. The highest BCUT2D eigenvalue weighted by atomic mass is 35.5. The van der Waals surface area contributed by atoms with Crippen LogP contribution < -0.4 is 5.32 Å². The summed E-state index contributed by atoms with van der Waals surface area (Å²) in [6.45, 7) is 7.34. The normalized spacial score (nSPS) is 22.9. The van der Waals surface area contributed by atoms with E-state index in [0.29, 0.717) is 51.1 Å². The summed E-state index contributed by atoms with van der Waals surface area (Å²) < 4.78 is 11.4. The number of fused-ring (bicyclic) bond motifs is 2. The number of urea groups is 1. The molecule has 0 unspecified atom stereocenters. The van der Waals surface area contributed by atoms with Crippen LogP contribution in [0, 0.1) is 0 Å². The monoisotopic (exact) mass is 495 g/mol. The number of halogens is 1. The largest absolute Gasteiger partial charge is 0.378 e. The summed E-state index contributed by atoms with van der Waals surface area (Å²) in [5.41, 5.74) is 6.63. The Labute approximate surface area is 209 Å². The number of ether oxygens (including phenoxy) is 2. The first-order valence-electron chi connectivity index (χ1n) is 12.3. The highest BCUT2D eigenvalue weighted by molar-refractivity contribution is 6.35. The molecule has 0 bridgehead atoms. The smallest absolute Gasteiger partial charge is 0.320 e. The topological polar surface area (TPSA) is 82.7 Å². The highest BCUT2D eigenvalue weighted by Crippen LogP contribution is 2.35. The second-order valence-electron chi connectivity index (χ2n) is 9.61. The molecular formula is C26H30ClN5O3. The maximum absolute atomic E-state index is 13.4. The van der Waals surface area contributed by atoms with Gasteiger partial charge < -0.3 is 29.6 Å². The van der Waals surface area contributed by atoms with Gasteiger partial charge in [-0.15, -0.1) is 0 Å². The molecule has 3 aliphatic rings. The van der Waals surface area contributed by atoms with E-state index in [1.807, 2.05) is 16.0 Å². The predicted molar refractivity (Wildman–Crippen MR) is 135 cm³/mol. The van der Waals surface area contributed by atoms with E-state index in [0.717, 1.165) is 35.1 Å². The molecule has 2 aromatic heterocycles. The van der Waals surface area contributed by atoms with Gasteiger partial charge in [0.2, 0.25) is 0 Å². The van der Waals surface area contributed by atoms with Crippen LogP contribution in [0.2, 0.25) is 5.02 Å². The Morgan fingerprint density at radius 1 is 1.14 bits per heavy atom. The number of benzene rings is 1. The van der Waals surface area contributed by atoms with E-state index >= 15 is 0 Å². The molecule has 1 aromatic carbocycles. The van der Waals surface area contributed by atoms with E-state index < -0.39 is 0 Å². The second kappa shape index (κ2) is 9.43. The van der Waals surface area contributed by atoms with Crippen molar-refractivity contribution in [3.05, 3.63) is 52.3 Å². The number of hydrogen-bond donors (Lipinski definition) is 2. The highest BCUT2D eigenvalue weighted by Gasteiger charge is 2.32. The average Bonchev–Trinajstić information content (AvgIpc) is 3.28. The Bertz CT molecular complexity index is 1260. The summed E-state index contributed by atoms with van der Waals surface area (Å²) in [6.07, 6.45) is 4.48. The lowest BCUT2D eigenvalue weighted by molar-refractivity contribution is 0.00929. The number of carbonyl (C=O) groups is 1. The van der Waals surface area contributed by atoms with E-state index in [1.54, 1.807) is 6.20 Å². The van der Waals surface area contributed by atoms with E-state index in [-0.39, 0.29) is 18.1 Å². The number of hydrogen-bond acceptors (Lipinski definition) is 5. The van der Waals surface area contributed by atoms with Gasteiger partial charge in [-0.25, -0.2) is 9.78 Å². The summed E-state index contributed by atoms with van der Waals surface area (Å²) in [5.74, 6) is 0. The quantitative estimate of drug-likeness (QED) is 0.566. The predicted octanol–water partition coefficient (Wildman–Crippen LogP) is 3.74. The van der Waals surface area contributed by atoms with Crippen molar-refractivity contribution >= 4 is 28.7 Å². The van der Waals surface area contributed by atoms with Crippen molar-refractivity contribution in [3.8, 4) is 11.1 Å². The third kappa shape index (κ3) is 4.29.